The first-order chi connectivity index (χ1) is 7.52. The standard InChI is InChI=1S/C14H25NO/c1-13(9-6-5-7-12-15)10-8-11-14(2,3)16-4/h9H,5-8,10-11H2,1-4H3/b13-9+. The third-order valence-electron chi connectivity index (χ3n) is 2.89. The summed E-state index contributed by atoms with van der Waals surface area (Å²) in [6, 6.07) is 2.17. The maximum absolute atomic E-state index is 8.41. The summed E-state index contributed by atoms with van der Waals surface area (Å²) < 4.78 is 5.38. The highest BCUT2D eigenvalue weighted by Gasteiger charge is 2.14. The summed E-state index contributed by atoms with van der Waals surface area (Å²) in [7, 11) is 1.77. The van der Waals surface area contributed by atoms with Crippen LogP contribution in [0.4, 0.5) is 0 Å². The number of unbranched alkanes of at least 4 members (excludes halogenated alkanes) is 2. The molecule has 0 aliphatic heterocycles. The van der Waals surface area contributed by atoms with E-state index in [1.165, 1.54) is 12.0 Å². The van der Waals surface area contributed by atoms with Crippen molar-refractivity contribution in [2.45, 2.75) is 64.9 Å². The molecule has 0 aromatic carbocycles. The molecule has 0 bridgehead atoms. The lowest BCUT2D eigenvalue weighted by atomic mass is 9.98. The van der Waals surface area contributed by atoms with Gasteiger partial charge < -0.3 is 4.74 Å². The zero-order valence-corrected chi connectivity index (χ0v) is 11.2. The molecule has 0 aromatic heterocycles. The predicted molar refractivity (Wildman–Crippen MR) is 68.2 cm³/mol. The van der Waals surface area contributed by atoms with E-state index >= 15 is 0 Å². The van der Waals surface area contributed by atoms with Gasteiger partial charge in [-0.1, -0.05) is 11.6 Å². The number of nitrogens with zero attached hydrogens (tertiary/aromatic N) is 1. The Morgan fingerprint density at radius 3 is 2.62 bits per heavy atom. The summed E-state index contributed by atoms with van der Waals surface area (Å²) in [5.41, 5.74) is 1.44. The van der Waals surface area contributed by atoms with Gasteiger partial charge in [-0.3, -0.25) is 0 Å². The highest BCUT2D eigenvalue weighted by Crippen LogP contribution is 2.19. The van der Waals surface area contributed by atoms with E-state index in [9.17, 15) is 0 Å². The number of nitriles is 1. The zero-order valence-electron chi connectivity index (χ0n) is 11.2. The van der Waals surface area contributed by atoms with E-state index in [1.54, 1.807) is 7.11 Å². The molecule has 0 rings (SSSR count). The van der Waals surface area contributed by atoms with Crippen LogP contribution >= 0.6 is 0 Å². The van der Waals surface area contributed by atoms with Crippen LogP contribution in [0.25, 0.3) is 0 Å². The van der Waals surface area contributed by atoms with Gasteiger partial charge in [0.25, 0.3) is 0 Å². The first-order valence-corrected chi connectivity index (χ1v) is 6.09. The largest absolute Gasteiger partial charge is 0.379 e. The van der Waals surface area contributed by atoms with Crippen molar-refractivity contribution in [3.05, 3.63) is 11.6 Å². The Balaban J connectivity index is 3.65. The second kappa shape index (κ2) is 8.35. The maximum Gasteiger partial charge on any atom is 0.0622 e. The molecule has 0 spiro atoms. The molecule has 0 atom stereocenters. The Labute approximate surface area is 100 Å². The van der Waals surface area contributed by atoms with Crippen molar-refractivity contribution >= 4 is 0 Å². The van der Waals surface area contributed by atoms with Gasteiger partial charge in [0.1, 0.15) is 0 Å². The van der Waals surface area contributed by atoms with Crippen LogP contribution in [0.1, 0.15) is 59.3 Å². The molecule has 0 saturated carbocycles. The summed E-state index contributed by atoms with van der Waals surface area (Å²) in [4.78, 5) is 0. The number of hydrogen-bond acceptors (Lipinski definition) is 2. The summed E-state index contributed by atoms with van der Waals surface area (Å²) in [5, 5.41) is 8.41. The molecule has 92 valence electrons. The van der Waals surface area contributed by atoms with Gasteiger partial charge in [-0.05, 0) is 52.9 Å². The van der Waals surface area contributed by atoms with Gasteiger partial charge in [-0.15, -0.1) is 0 Å². The summed E-state index contributed by atoms with van der Waals surface area (Å²) in [5.74, 6) is 0. The summed E-state index contributed by atoms with van der Waals surface area (Å²) in [6.07, 6.45) is 8.34. The topological polar surface area (TPSA) is 33.0 Å². The summed E-state index contributed by atoms with van der Waals surface area (Å²) in [6.45, 7) is 6.42. The Morgan fingerprint density at radius 1 is 1.38 bits per heavy atom. The van der Waals surface area contributed by atoms with Crippen LogP contribution in [0.3, 0.4) is 0 Å². The van der Waals surface area contributed by atoms with Crippen LogP contribution in [0.15, 0.2) is 11.6 Å². The number of methoxy groups -OCH3 is 1. The van der Waals surface area contributed by atoms with Gasteiger partial charge in [-0.25, -0.2) is 0 Å². The molecule has 2 nitrogen and oxygen atoms in total. The zero-order chi connectivity index (χ0) is 12.4. The molecule has 0 aliphatic rings. The molecule has 0 saturated heterocycles. The fourth-order valence-corrected chi connectivity index (χ4v) is 1.53. The molecular formula is C14H25NO. The first-order valence-electron chi connectivity index (χ1n) is 6.09. The SMILES string of the molecule is COC(C)(C)CCC/C(C)=C/CCCC#N. The van der Waals surface area contributed by atoms with E-state index in [1.807, 2.05) is 0 Å². The van der Waals surface area contributed by atoms with Gasteiger partial charge in [0, 0.05) is 13.5 Å². The Morgan fingerprint density at radius 2 is 2.06 bits per heavy atom. The molecule has 0 radical (unpaired) electrons. The number of hydrogen-bond donors (Lipinski definition) is 0. The molecule has 0 amide bonds. The Hall–Kier alpha value is -0.810. The molecule has 16 heavy (non-hydrogen) atoms. The first kappa shape index (κ1) is 15.2. The van der Waals surface area contributed by atoms with Crippen LogP contribution in [0.2, 0.25) is 0 Å². The van der Waals surface area contributed by atoms with Gasteiger partial charge in [0.05, 0.1) is 11.7 Å². The average molecular weight is 223 g/mol. The minimum absolute atomic E-state index is 0.00108. The number of ether oxygens (including phenoxy) is 1. The van der Waals surface area contributed by atoms with Crippen molar-refractivity contribution in [2.24, 2.45) is 0 Å². The van der Waals surface area contributed by atoms with Crippen molar-refractivity contribution in [1.29, 1.82) is 5.26 Å². The van der Waals surface area contributed by atoms with Crippen molar-refractivity contribution in [3.63, 3.8) is 0 Å². The number of rotatable bonds is 8. The van der Waals surface area contributed by atoms with Gasteiger partial charge in [0.2, 0.25) is 0 Å². The van der Waals surface area contributed by atoms with Crippen LogP contribution in [0, 0.1) is 11.3 Å². The van der Waals surface area contributed by atoms with Crippen molar-refractivity contribution in [2.75, 3.05) is 7.11 Å². The molecule has 0 N–H and O–H groups in total. The van der Waals surface area contributed by atoms with Crippen LogP contribution in [-0.4, -0.2) is 12.7 Å². The van der Waals surface area contributed by atoms with E-state index in [4.69, 9.17) is 10.00 Å². The fraction of sp³-hybridized carbons (Fsp3) is 0.786. The Kier molecular flexibility index (Phi) is 7.93. The quantitative estimate of drug-likeness (QED) is 0.456. The van der Waals surface area contributed by atoms with E-state index in [0.29, 0.717) is 6.42 Å². The minimum atomic E-state index is 0.00108. The average Bonchev–Trinajstić information content (AvgIpc) is 2.24. The monoisotopic (exact) mass is 223 g/mol. The van der Waals surface area contributed by atoms with Crippen molar-refractivity contribution in [1.82, 2.24) is 0 Å². The summed E-state index contributed by atoms with van der Waals surface area (Å²) >= 11 is 0. The van der Waals surface area contributed by atoms with Crippen LogP contribution in [-0.2, 0) is 4.74 Å². The van der Waals surface area contributed by atoms with Gasteiger partial charge in [-0.2, -0.15) is 5.26 Å². The lowest BCUT2D eigenvalue weighted by Gasteiger charge is -2.22. The van der Waals surface area contributed by atoms with E-state index < -0.39 is 0 Å². The minimum Gasteiger partial charge on any atom is -0.379 e. The second-order valence-electron chi connectivity index (χ2n) is 4.92. The lowest BCUT2D eigenvalue weighted by molar-refractivity contribution is 0.0140. The molecular weight excluding hydrogens is 198 g/mol. The van der Waals surface area contributed by atoms with Gasteiger partial charge >= 0.3 is 0 Å². The molecule has 0 aromatic rings. The highest BCUT2D eigenvalue weighted by molar-refractivity contribution is 4.98. The second-order valence-corrected chi connectivity index (χ2v) is 4.92. The molecule has 0 fully saturated rings. The highest BCUT2D eigenvalue weighted by atomic mass is 16.5. The third kappa shape index (κ3) is 8.49. The third-order valence-corrected chi connectivity index (χ3v) is 2.89. The predicted octanol–water partition coefficient (Wildman–Crippen LogP) is 4.22. The normalized spacial score (nSPS) is 12.6. The fourth-order valence-electron chi connectivity index (χ4n) is 1.53. The number of allylic oxidation sites excluding steroid dienone is 2. The lowest BCUT2D eigenvalue weighted by Crippen LogP contribution is -2.21. The van der Waals surface area contributed by atoms with Gasteiger partial charge in [0.15, 0.2) is 0 Å². The van der Waals surface area contributed by atoms with Crippen molar-refractivity contribution in [3.8, 4) is 6.07 Å². The smallest absolute Gasteiger partial charge is 0.0622 e. The van der Waals surface area contributed by atoms with Crippen LogP contribution in [0.5, 0.6) is 0 Å². The molecule has 0 unspecified atom stereocenters. The van der Waals surface area contributed by atoms with Crippen molar-refractivity contribution < 1.29 is 4.74 Å². The van der Waals surface area contributed by atoms with E-state index in [2.05, 4.69) is 32.9 Å². The molecule has 0 aliphatic carbocycles. The van der Waals surface area contributed by atoms with Crippen LogP contribution < -0.4 is 0 Å². The maximum atomic E-state index is 8.41. The van der Waals surface area contributed by atoms with E-state index in [-0.39, 0.29) is 5.60 Å². The Bertz CT molecular complexity index is 248. The molecule has 0 heterocycles. The molecule has 2 heteroatoms. The van der Waals surface area contributed by atoms with E-state index in [0.717, 1.165) is 25.7 Å².